The highest BCUT2D eigenvalue weighted by atomic mass is 32.2. The van der Waals surface area contributed by atoms with E-state index in [1.54, 1.807) is 18.3 Å². The number of alkyl halides is 1. The second kappa shape index (κ2) is 17.6. The van der Waals surface area contributed by atoms with Gasteiger partial charge in [-0.2, -0.15) is 0 Å². The zero-order valence-electron chi connectivity index (χ0n) is 37.3. The molecule has 4 aliphatic heterocycles. The molecule has 19 heteroatoms. The third kappa shape index (κ3) is 8.61. The second-order valence-corrected chi connectivity index (χ2v) is 20.5. The third-order valence-corrected chi connectivity index (χ3v) is 15.7. The molecule has 1 aliphatic carbocycles. The number of carbonyl (C=O) groups is 1. The molecule has 3 aromatic carbocycles. The lowest BCUT2D eigenvalue weighted by Crippen LogP contribution is -2.55. The van der Waals surface area contributed by atoms with Gasteiger partial charge < -0.3 is 34.1 Å². The Balaban J connectivity index is 0.892. The first-order valence-corrected chi connectivity index (χ1v) is 24.4. The lowest BCUT2D eigenvalue weighted by atomic mass is 9.59. The van der Waals surface area contributed by atoms with Crippen molar-refractivity contribution in [1.29, 1.82) is 0 Å². The van der Waals surface area contributed by atoms with Crippen LogP contribution in [0, 0.1) is 21.3 Å². The summed E-state index contributed by atoms with van der Waals surface area (Å²) < 4.78 is 84.6. The highest BCUT2D eigenvalue weighted by Crippen LogP contribution is 2.55. The number of amides is 1. The molecule has 10 rings (SSSR count). The number of aromatic amines is 1. The van der Waals surface area contributed by atoms with Gasteiger partial charge in [-0.05, 0) is 85.7 Å². The molecule has 5 aromatic rings. The minimum absolute atomic E-state index is 0.0457. The summed E-state index contributed by atoms with van der Waals surface area (Å²) in [6, 6.07) is 16.2. The van der Waals surface area contributed by atoms with Crippen LogP contribution in [0.15, 0.2) is 71.9 Å². The van der Waals surface area contributed by atoms with Crippen molar-refractivity contribution < 1.29 is 45.9 Å². The number of halogens is 2. The average molecular weight is 942 g/mol. The van der Waals surface area contributed by atoms with Gasteiger partial charge >= 0.3 is 0 Å². The Morgan fingerprint density at radius 1 is 1.04 bits per heavy atom. The van der Waals surface area contributed by atoms with Gasteiger partial charge in [0.05, 0.1) is 22.4 Å². The molecule has 4 fully saturated rings. The second-order valence-electron chi connectivity index (χ2n) is 18.9. The molecule has 67 heavy (non-hydrogen) atoms. The van der Waals surface area contributed by atoms with E-state index >= 15 is 8.78 Å². The molecule has 1 spiro atoms. The lowest BCUT2D eigenvalue weighted by Gasteiger charge is -2.56. The first-order chi connectivity index (χ1) is 32.2. The number of fused-ring (bicyclic) bond motifs is 2. The number of nitro benzene ring substituents is 1. The van der Waals surface area contributed by atoms with Crippen LogP contribution in [0.1, 0.15) is 98.7 Å². The fourth-order valence-corrected chi connectivity index (χ4v) is 11.9. The molecule has 1 saturated carbocycles. The molecule has 6 heterocycles. The first-order valence-electron chi connectivity index (χ1n) is 22.9. The van der Waals surface area contributed by atoms with Gasteiger partial charge in [-0.1, -0.05) is 38.1 Å². The van der Waals surface area contributed by atoms with Gasteiger partial charge in [0.15, 0.2) is 17.2 Å². The van der Waals surface area contributed by atoms with Crippen molar-refractivity contribution in [2.24, 2.45) is 5.41 Å². The molecule has 0 radical (unpaired) electrons. The van der Waals surface area contributed by atoms with Gasteiger partial charge in [0.2, 0.25) is 6.79 Å². The van der Waals surface area contributed by atoms with Crippen LogP contribution in [0.2, 0.25) is 0 Å². The van der Waals surface area contributed by atoms with Crippen LogP contribution in [-0.4, -0.2) is 92.0 Å². The van der Waals surface area contributed by atoms with E-state index in [-0.39, 0.29) is 66.6 Å². The number of pyridine rings is 1. The minimum atomic E-state index is -4.99. The quantitative estimate of drug-likeness (QED) is 0.0750. The maximum atomic E-state index is 16.5. The van der Waals surface area contributed by atoms with Crippen molar-refractivity contribution in [2.45, 2.75) is 93.8 Å². The molecule has 1 atom stereocenters. The summed E-state index contributed by atoms with van der Waals surface area (Å²) in [5, 5.41) is 15.8. The Kier molecular flexibility index (Phi) is 11.7. The van der Waals surface area contributed by atoms with E-state index in [1.807, 2.05) is 9.62 Å². The van der Waals surface area contributed by atoms with E-state index in [9.17, 15) is 23.3 Å². The number of aromatic nitrogens is 2. The third-order valence-electron chi connectivity index (χ3n) is 14.4. The summed E-state index contributed by atoms with van der Waals surface area (Å²) in [6.07, 6.45) is 9.41. The molecule has 0 unspecified atom stereocenters. The fourth-order valence-electron chi connectivity index (χ4n) is 10.8. The van der Waals surface area contributed by atoms with Crippen molar-refractivity contribution in [1.82, 2.24) is 19.6 Å². The Hall–Kier alpha value is -6.05. The molecule has 2 aromatic heterocycles. The number of nitrogens with zero attached hydrogens (tertiary/aromatic N) is 4. The van der Waals surface area contributed by atoms with Gasteiger partial charge in [-0.15, -0.1) is 0 Å². The number of nitrogens with one attached hydrogen (secondary N) is 3. The number of hydrogen-bond acceptors (Lipinski definition) is 13. The van der Waals surface area contributed by atoms with E-state index in [2.05, 4.69) is 58.3 Å². The Labute approximate surface area is 386 Å². The highest BCUT2D eigenvalue weighted by Gasteiger charge is 2.50. The molecule has 1 amide bonds. The Bertz CT molecular complexity index is 2840. The van der Waals surface area contributed by atoms with E-state index in [0.717, 1.165) is 44.7 Å². The van der Waals surface area contributed by atoms with Crippen molar-refractivity contribution in [3.63, 3.8) is 0 Å². The number of carbonyl (C=O) groups excluding carboxylic acids is 1. The molecule has 3 saturated heterocycles. The van der Waals surface area contributed by atoms with E-state index in [4.69, 9.17) is 18.9 Å². The standard InChI is InChI=1S/C48H53F2N7O9S/c1-29(2)33-6-3-4-7-34(33)37-8-5-15-56(37)31-24-47(25-31)10-16-55(17-11-47)38-22-40(66-32-20-30-9-14-51-45(30)52-26-32)35(21-36(38)49)46(58)54-67(61,62)41-23-39(57(59)60)42(44-43(41)64-28-65-44)53-27-48(50)12-18-63-19-13-48/h3-4,6-7,9,14,20-23,26,29,31,37,53H,5,8,10-13,15-19,24-25,27-28H2,1-2H3,(H,51,52)(H,54,58)/t37-/m0/s1. The fraction of sp³-hybridized carbons (Fsp3) is 0.458. The molecule has 0 bridgehead atoms. The number of H-pyrrole nitrogens is 1. The van der Waals surface area contributed by atoms with Crippen LogP contribution in [0.25, 0.3) is 11.0 Å². The van der Waals surface area contributed by atoms with Gasteiger partial charge in [0, 0.05) is 81.5 Å². The van der Waals surface area contributed by atoms with Gasteiger partial charge in [-0.25, -0.2) is 26.9 Å². The highest BCUT2D eigenvalue weighted by molar-refractivity contribution is 7.90. The Morgan fingerprint density at radius 2 is 1.81 bits per heavy atom. The minimum Gasteiger partial charge on any atom is -0.455 e. The maximum Gasteiger partial charge on any atom is 0.297 e. The number of piperidine rings is 1. The van der Waals surface area contributed by atoms with Crippen molar-refractivity contribution in [2.75, 3.05) is 56.4 Å². The van der Waals surface area contributed by atoms with Gasteiger partial charge in [0.25, 0.3) is 21.6 Å². The van der Waals surface area contributed by atoms with E-state index in [0.29, 0.717) is 48.2 Å². The maximum absolute atomic E-state index is 16.5. The summed E-state index contributed by atoms with van der Waals surface area (Å²) in [5.41, 5.74) is 0.529. The van der Waals surface area contributed by atoms with E-state index in [1.165, 1.54) is 29.8 Å². The summed E-state index contributed by atoms with van der Waals surface area (Å²) in [6.45, 7) is 6.20. The van der Waals surface area contributed by atoms with Gasteiger partial charge in [0.1, 0.15) is 33.5 Å². The van der Waals surface area contributed by atoms with Crippen molar-refractivity contribution in [3.05, 3.63) is 99.6 Å². The normalized spacial score (nSPS) is 20.3. The lowest BCUT2D eigenvalue weighted by molar-refractivity contribution is -0.384. The number of rotatable bonds is 13. The van der Waals surface area contributed by atoms with Crippen LogP contribution in [0.5, 0.6) is 23.0 Å². The number of likely N-dealkylation sites (tertiary alicyclic amines) is 1. The van der Waals surface area contributed by atoms with Crippen LogP contribution >= 0.6 is 0 Å². The zero-order valence-corrected chi connectivity index (χ0v) is 38.1. The van der Waals surface area contributed by atoms with Crippen LogP contribution in [-0.2, 0) is 14.8 Å². The Morgan fingerprint density at radius 3 is 2.57 bits per heavy atom. The molecular formula is C48H53F2N7O9S. The van der Waals surface area contributed by atoms with Crippen LogP contribution in [0.4, 0.5) is 25.8 Å². The number of nitro groups is 1. The number of hydrogen-bond donors (Lipinski definition) is 3. The van der Waals surface area contributed by atoms with Crippen LogP contribution in [0.3, 0.4) is 0 Å². The van der Waals surface area contributed by atoms with Crippen molar-refractivity contribution in [3.8, 4) is 23.0 Å². The summed E-state index contributed by atoms with van der Waals surface area (Å²) in [4.78, 5) is 36.9. The molecule has 16 nitrogen and oxygen atoms in total. The number of benzene rings is 3. The molecular weight excluding hydrogens is 889 g/mol. The largest absolute Gasteiger partial charge is 0.455 e. The predicted octanol–water partition coefficient (Wildman–Crippen LogP) is 8.89. The summed E-state index contributed by atoms with van der Waals surface area (Å²) in [7, 11) is -4.99. The summed E-state index contributed by atoms with van der Waals surface area (Å²) >= 11 is 0. The molecule has 5 aliphatic rings. The summed E-state index contributed by atoms with van der Waals surface area (Å²) in [5.74, 6) is -2.29. The number of anilines is 2. The smallest absolute Gasteiger partial charge is 0.297 e. The van der Waals surface area contributed by atoms with E-state index < -0.39 is 61.0 Å². The predicted molar refractivity (Wildman–Crippen MR) is 245 cm³/mol. The van der Waals surface area contributed by atoms with Crippen molar-refractivity contribution >= 4 is 44.0 Å². The molecule has 354 valence electrons. The SMILES string of the molecule is CC(C)c1ccccc1[C@@H]1CCCN1C1CC2(CCN(c3cc(Oc4cnc5[nH]ccc5c4)c(C(=O)NS(=O)(=O)c4cc([N+](=O)[O-])c(NCC5(F)CCOCC5)c5c4OCO5)cc3F)CC2)C1. The number of sulfonamides is 1. The zero-order chi connectivity index (χ0) is 46.7. The number of ether oxygens (including phenoxy) is 4. The monoisotopic (exact) mass is 941 g/mol. The van der Waals surface area contributed by atoms with Gasteiger partial charge in [-0.3, -0.25) is 19.8 Å². The first kappa shape index (κ1) is 44.8. The molecule has 3 N–H and O–H groups in total. The topological polar surface area (TPSA) is 190 Å². The van der Waals surface area contributed by atoms with Crippen LogP contribution < -0.4 is 29.1 Å². The average Bonchev–Trinajstić information content (AvgIpc) is 4.10.